The predicted molar refractivity (Wildman–Crippen MR) is 78.3 cm³/mol. The van der Waals surface area contributed by atoms with Crippen molar-refractivity contribution in [1.82, 2.24) is 15.1 Å². The molecule has 0 aliphatic carbocycles. The standard InChI is InChI=1S/C15H20N4O/c1-2-13(16)8-15(20)17-9-12-10-18-19(11-12)14-6-4-3-5-7-14/h3-7,10-11,13H,2,8-9,16H2,1H3,(H,17,20). The molecule has 0 fully saturated rings. The van der Waals surface area contributed by atoms with Crippen molar-refractivity contribution in [3.8, 4) is 5.69 Å². The molecule has 0 saturated heterocycles. The second-order valence-electron chi connectivity index (χ2n) is 4.78. The van der Waals surface area contributed by atoms with Crippen LogP contribution in [0.25, 0.3) is 5.69 Å². The minimum absolute atomic E-state index is 0.0215. The van der Waals surface area contributed by atoms with Crippen molar-refractivity contribution in [2.45, 2.75) is 32.4 Å². The summed E-state index contributed by atoms with van der Waals surface area (Å²) < 4.78 is 1.79. The number of carbonyl (C=O) groups excluding carboxylic acids is 1. The number of hydrogen-bond donors (Lipinski definition) is 2. The summed E-state index contributed by atoms with van der Waals surface area (Å²) in [6.45, 7) is 2.45. The molecule has 0 aliphatic heterocycles. The van der Waals surface area contributed by atoms with Gasteiger partial charge in [0.15, 0.2) is 0 Å². The maximum absolute atomic E-state index is 11.6. The lowest BCUT2D eigenvalue weighted by atomic mass is 10.1. The monoisotopic (exact) mass is 272 g/mol. The van der Waals surface area contributed by atoms with E-state index >= 15 is 0 Å². The van der Waals surface area contributed by atoms with Crippen LogP contribution >= 0.6 is 0 Å². The normalized spacial score (nSPS) is 12.1. The van der Waals surface area contributed by atoms with Gasteiger partial charge in [0.05, 0.1) is 11.9 Å². The summed E-state index contributed by atoms with van der Waals surface area (Å²) in [6, 6.07) is 9.79. The lowest BCUT2D eigenvalue weighted by molar-refractivity contribution is -0.121. The van der Waals surface area contributed by atoms with Crippen molar-refractivity contribution in [1.29, 1.82) is 0 Å². The summed E-state index contributed by atoms with van der Waals surface area (Å²) >= 11 is 0. The van der Waals surface area contributed by atoms with Gasteiger partial charge >= 0.3 is 0 Å². The summed E-state index contributed by atoms with van der Waals surface area (Å²) in [4.78, 5) is 11.6. The molecule has 5 nitrogen and oxygen atoms in total. The van der Waals surface area contributed by atoms with Gasteiger partial charge in [0.2, 0.25) is 5.91 Å². The van der Waals surface area contributed by atoms with Crippen LogP contribution in [0.2, 0.25) is 0 Å². The Hall–Kier alpha value is -2.14. The van der Waals surface area contributed by atoms with E-state index in [-0.39, 0.29) is 11.9 Å². The lowest BCUT2D eigenvalue weighted by Gasteiger charge is -2.08. The fraction of sp³-hybridized carbons (Fsp3) is 0.333. The van der Waals surface area contributed by atoms with Gasteiger partial charge in [-0.1, -0.05) is 25.1 Å². The Labute approximate surface area is 118 Å². The van der Waals surface area contributed by atoms with Crippen molar-refractivity contribution in [2.75, 3.05) is 0 Å². The van der Waals surface area contributed by atoms with E-state index in [1.54, 1.807) is 10.9 Å². The van der Waals surface area contributed by atoms with Gasteiger partial charge in [-0.05, 0) is 18.6 Å². The highest BCUT2D eigenvalue weighted by Crippen LogP contribution is 2.07. The number of nitrogens with zero attached hydrogens (tertiary/aromatic N) is 2. The van der Waals surface area contributed by atoms with Crippen LogP contribution < -0.4 is 11.1 Å². The van der Waals surface area contributed by atoms with Gasteiger partial charge in [-0.15, -0.1) is 0 Å². The van der Waals surface area contributed by atoms with Crippen molar-refractivity contribution in [3.05, 3.63) is 48.3 Å². The summed E-state index contributed by atoms with van der Waals surface area (Å²) in [6.07, 6.45) is 4.84. The first-order valence-corrected chi connectivity index (χ1v) is 6.80. The molecule has 0 spiro atoms. The predicted octanol–water partition coefficient (Wildman–Crippen LogP) is 1.62. The molecule has 0 saturated carbocycles. The van der Waals surface area contributed by atoms with Crippen LogP contribution in [0.3, 0.4) is 0 Å². The minimum atomic E-state index is -0.0676. The van der Waals surface area contributed by atoms with Gasteiger partial charge in [0.25, 0.3) is 0 Å². The Morgan fingerprint density at radius 3 is 2.85 bits per heavy atom. The molecular weight excluding hydrogens is 252 g/mol. The van der Waals surface area contributed by atoms with E-state index in [1.807, 2.05) is 43.5 Å². The number of aromatic nitrogens is 2. The molecule has 5 heteroatoms. The van der Waals surface area contributed by atoms with Crippen molar-refractivity contribution >= 4 is 5.91 Å². The second-order valence-corrected chi connectivity index (χ2v) is 4.78. The summed E-state index contributed by atoms with van der Waals surface area (Å²) in [5.41, 5.74) is 7.71. The highest BCUT2D eigenvalue weighted by molar-refractivity contribution is 5.76. The molecule has 106 valence electrons. The molecule has 1 amide bonds. The third-order valence-electron chi connectivity index (χ3n) is 3.12. The molecule has 0 aliphatic rings. The topological polar surface area (TPSA) is 72.9 Å². The Morgan fingerprint density at radius 1 is 1.40 bits per heavy atom. The van der Waals surface area contributed by atoms with Crippen molar-refractivity contribution in [2.24, 2.45) is 5.73 Å². The number of nitrogens with one attached hydrogen (secondary N) is 1. The Balaban J connectivity index is 1.89. The molecule has 1 atom stereocenters. The quantitative estimate of drug-likeness (QED) is 0.839. The zero-order valence-electron chi connectivity index (χ0n) is 11.6. The Bertz CT molecular complexity index is 550. The second kappa shape index (κ2) is 6.86. The maximum Gasteiger partial charge on any atom is 0.221 e. The Morgan fingerprint density at radius 2 is 2.15 bits per heavy atom. The van der Waals surface area contributed by atoms with Crippen LogP contribution in [-0.2, 0) is 11.3 Å². The summed E-state index contributed by atoms with van der Waals surface area (Å²) in [5, 5.41) is 7.14. The molecule has 1 aromatic carbocycles. The van der Waals surface area contributed by atoms with Crippen LogP contribution in [0.5, 0.6) is 0 Å². The number of para-hydroxylation sites is 1. The zero-order valence-corrected chi connectivity index (χ0v) is 11.6. The molecule has 0 bridgehead atoms. The van der Waals surface area contributed by atoms with Crippen molar-refractivity contribution < 1.29 is 4.79 Å². The van der Waals surface area contributed by atoms with Gasteiger partial charge in [0, 0.05) is 30.8 Å². The molecular formula is C15H20N4O. The number of benzene rings is 1. The van der Waals surface area contributed by atoms with Crippen LogP contribution in [-0.4, -0.2) is 21.7 Å². The van der Waals surface area contributed by atoms with E-state index in [0.717, 1.165) is 17.7 Å². The molecule has 1 unspecified atom stereocenters. The van der Waals surface area contributed by atoms with Crippen LogP contribution in [0.1, 0.15) is 25.3 Å². The van der Waals surface area contributed by atoms with Crippen LogP contribution in [0.15, 0.2) is 42.7 Å². The highest BCUT2D eigenvalue weighted by atomic mass is 16.1. The van der Waals surface area contributed by atoms with E-state index in [0.29, 0.717) is 13.0 Å². The van der Waals surface area contributed by atoms with Gasteiger partial charge < -0.3 is 11.1 Å². The summed E-state index contributed by atoms with van der Waals surface area (Å²) in [5.74, 6) is -0.0215. The smallest absolute Gasteiger partial charge is 0.221 e. The van der Waals surface area contributed by atoms with Crippen LogP contribution in [0.4, 0.5) is 0 Å². The fourth-order valence-corrected chi connectivity index (χ4v) is 1.83. The first kappa shape index (κ1) is 14.3. The average molecular weight is 272 g/mol. The number of rotatable bonds is 6. The first-order chi connectivity index (χ1) is 9.69. The average Bonchev–Trinajstić information content (AvgIpc) is 2.95. The first-order valence-electron chi connectivity index (χ1n) is 6.80. The van der Waals surface area contributed by atoms with Gasteiger partial charge in [0.1, 0.15) is 0 Å². The molecule has 2 rings (SSSR count). The Kier molecular flexibility index (Phi) is 4.90. The molecule has 1 heterocycles. The SMILES string of the molecule is CCC(N)CC(=O)NCc1cnn(-c2ccccc2)c1. The number of hydrogen-bond acceptors (Lipinski definition) is 3. The van der Waals surface area contributed by atoms with E-state index in [1.165, 1.54) is 0 Å². The third kappa shape index (κ3) is 3.93. The molecule has 20 heavy (non-hydrogen) atoms. The largest absolute Gasteiger partial charge is 0.352 e. The van der Waals surface area contributed by atoms with Gasteiger partial charge in [-0.2, -0.15) is 5.10 Å². The van der Waals surface area contributed by atoms with Gasteiger partial charge in [-0.3, -0.25) is 4.79 Å². The molecule has 3 N–H and O–H groups in total. The van der Waals surface area contributed by atoms with Gasteiger partial charge in [-0.25, -0.2) is 4.68 Å². The highest BCUT2D eigenvalue weighted by Gasteiger charge is 2.08. The van der Waals surface area contributed by atoms with Crippen molar-refractivity contribution in [3.63, 3.8) is 0 Å². The zero-order chi connectivity index (χ0) is 14.4. The van der Waals surface area contributed by atoms with E-state index in [9.17, 15) is 4.79 Å². The summed E-state index contributed by atoms with van der Waals surface area (Å²) in [7, 11) is 0. The molecule has 2 aromatic rings. The van der Waals surface area contributed by atoms with E-state index in [4.69, 9.17) is 5.73 Å². The minimum Gasteiger partial charge on any atom is -0.352 e. The molecule has 1 aromatic heterocycles. The third-order valence-corrected chi connectivity index (χ3v) is 3.12. The van der Waals surface area contributed by atoms with E-state index < -0.39 is 0 Å². The van der Waals surface area contributed by atoms with E-state index in [2.05, 4.69) is 10.4 Å². The fourth-order valence-electron chi connectivity index (χ4n) is 1.83. The van der Waals surface area contributed by atoms with Crippen LogP contribution in [0, 0.1) is 0 Å². The number of carbonyl (C=O) groups is 1. The molecule has 0 radical (unpaired) electrons. The number of amides is 1. The lowest BCUT2D eigenvalue weighted by Crippen LogP contribution is -2.30. The maximum atomic E-state index is 11.6. The number of nitrogens with two attached hydrogens (primary N) is 1.